The molecule has 0 aliphatic carbocycles. The topological polar surface area (TPSA) is 18.5 Å². The minimum Gasteiger partial charge on any atom is -0.366 e. The van der Waals surface area contributed by atoms with Crippen LogP contribution in [0.25, 0.3) is 0 Å². The minimum atomic E-state index is -4.33. The molecule has 1 aromatic carbocycles. The zero-order chi connectivity index (χ0) is 15.6. The third kappa shape index (κ3) is 3.68. The molecule has 0 saturated carbocycles. The molecule has 0 bridgehead atoms. The van der Waals surface area contributed by atoms with Crippen LogP contribution in [0.15, 0.2) is 18.2 Å². The molecule has 0 radical (unpaired) electrons. The SMILES string of the molecule is CNCc1ccc(N2CCN(C)CC2C)c(C(F)(F)F)c1. The molecule has 1 fully saturated rings. The first-order valence-electron chi connectivity index (χ1n) is 7.13. The summed E-state index contributed by atoms with van der Waals surface area (Å²) in [4.78, 5) is 4.01. The summed E-state index contributed by atoms with van der Waals surface area (Å²) in [5.41, 5.74) is 0.407. The highest BCUT2D eigenvalue weighted by Crippen LogP contribution is 2.38. The molecule has 1 aliphatic rings. The average Bonchev–Trinajstić information content (AvgIpc) is 2.38. The summed E-state index contributed by atoms with van der Waals surface area (Å²) in [6.07, 6.45) is -4.33. The summed E-state index contributed by atoms with van der Waals surface area (Å²) < 4.78 is 40.1. The zero-order valence-corrected chi connectivity index (χ0v) is 12.7. The number of nitrogens with one attached hydrogen (secondary N) is 1. The molecular formula is C15H22F3N3. The molecule has 1 aliphatic heterocycles. The summed E-state index contributed by atoms with van der Waals surface area (Å²) >= 11 is 0. The molecule has 0 spiro atoms. The van der Waals surface area contributed by atoms with Crippen molar-refractivity contribution in [1.82, 2.24) is 10.2 Å². The van der Waals surface area contributed by atoms with Gasteiger partial charge in [-0.1, -0.05) is 6.07 Å². The van der Waals surface area contributed by atoms with Crippen molar-refractivity contribution in [3.63, 3.8) is 0 Å². The summed E-state index contributed by atoms with van der Waals surface area (Å²) in [5, 5.41) is 2.89. The van der Waals surface area contributed by atoms with Crippen molar-refractivity contribution in [3.05, 3.63) is 29.3 Å². The van der Waals surface area contributed by atoms with Crippen LogP contribution >= 0.6 is 0 Å². The van der Waals surface area contributed by atoms with Gasteiger partial charge in [0, 0.05) is 37.9 Å². The molecule has 21 heavy (non-hydrogen) atoms. The van der Waals surface area contributed by atoms with E-state index in [1.807, 2.05) is 18.9 Å². The van der Waals surface area contributed by atoms with E-state index in [1.54, 1.807) is 19.2 Å². The van der Waals surface area contributed by atoms with Gasteiger partial charge in [0.2, 0.25) is 0 Å². The minimum absolute atomic E-state index is 0.0694. The largest absolute Gasteiger partial charge is 0.418 e. The van der Waals surface area contributed by atoms with E-state index in [-0.39, 0.29) is 6.04 Å². The lowest BCUT2D eigenvalue weighted by molar-refractivity contribution is -0.137. The lowest BCUT2D eigenvalue weighted by Crippen LogP contribution is -2.51. The Morgan fingerprint density at radius 3 is 2.57 bits per heavy atom. The van der Waals surface area contributed by atoms with Crippen LogP contribution in [-0.4, -0.2) is 44.7 Å². The van der Waals surface area contributed by atoms with Crippen LogP contribution in [0.1, 0.15) is 18.1 Å². The summed E-state index contributed by atoms with van der Waals surface area (Å²) in [5.74, 6) is 0. The molecule has 0 aromatic heterocycles. The van der Waals surface area contributed by atoms with Gasteiger partial charge in [0.25, 0.3) is 0 Å². The molecule has 1 aromatic rings. The van der Waals surface area contributed by atoms with Gasteiger partial charge < -0.3 is 15.1 Å². The van der Waals surface area contributed by atoms with Crippen molar-refractivity contribution >= 4 is 5.69 Å². The first-order chi connectivity index (χ1) is 9.82. The second kappa shape index (κ2) is 6.23. The van der Waals surface area contributed by atoms with Crippen LogP contribution in [-0.2, 0) is 12.7 Å². The van der Waals surface area contributed by atoms with E-state index in [1.165, 1.54) is 6.07 Å². The maximum absolute atomic E-state index is 13.4. The van der Waals surface area contributed by atoms with Crippen LogP contribution in [0.2, 0.25) is 0 Å². The Hall–Kier alpha value is -1.27. The molecular weight excluding hydrogens is 279 g/mol. The molecule has 6 heteroatoms. The predicted octanol–water partition coefficient (Wildman–Crippen LogP) is 2.57. The lowest BCUT2D eigenvalue weighted by atomic mass is 10.0. The van der Waals surface area contributed by atoms with Gasteiger partial charge in [0.1, 0.15) is 0 Å². The Bertz CT molecular complexity index is 488. The second-order valence-electron chi connectivity index (χ2n) is 5.68. The number of hydrogen-bond acceptors (Lipinski definition) is 3. The van der Waals surface area contributed by atoms with Crippen molar-refractivity contribution in [2.24, 2.45) is 0 Å². The Morgan fingerprint density at radius 1 is 1.29 bits per heavy atom. The number of likely N-dealkylation sites (N-methyl/N-ethyl adjacent to an activating group) is 1. The fraction of sp³-hybridized carbons (Fsp3) is 0.600. The Kier molecular flexibility index (Phi) is 4.78. The lowest BCUT2D eigenvalue weighted by Gasteiger charge is -2.40. The maximum atomic E-state index is 13.4. The van der Waals surface area contributed by atoms with Gasteiger partial charge in [0.15, 0.2) is 0 Å². The van der Waals surface area contributed by atoms with Crippen LogP contribution in [0.4, 0.5) is 18.9 Å². The monoisotopic (exact) mass is 301 g/mol. The first kappa shape index (κ1) is 16.1. The number of anilines is 1. The van der Waals surface area contributed by atoms with E-state index in [2.05, 4.69) is 10.2 Å². The number of benzene rings is 1. The number of rotatable bonds is 3. The van der Waals surface area contributed by atoms with Crippen molar-refractivity contribution < 1.29 is 13.2 Å². The van der Waals surface area contributed by atoms with Crippen LogP contribution in [0.3, 0.4) is 0 Å². The highest BCUT2D eigenvalue weighted by atomic mass is 19.4. The Balaban J connectivity index is 2.38. The molecule has 0 amide bonds. The first-order valence-corrected chi connectivity index (χ1v) is 7.13. The fourth-order valence-electron chi connectivity index (χ4n) is 2.87. The highest BCUT2D eigenvalue weighted by molar-refractivity contribution is 5.57. The number of alkyl halides is 3. The van der Waals surface area contributed by atoms with Gasteiger partial charge in [-0.2, -0.15) is 13.2 Å². The normalized spacial score (nSPS) is 20.9. The molecule has 3 nitrogen and oxygen atoms in total. The fourth-order valence-corrected chi connectivity index (χ4v) is 2.87. The molecule has 2 rings (SSSR count). The number of halogens is 3. The molecule has 118 valence electrons. The van der Waals surface area contributed by atoms with E-state index in [4.69, 9.17) is 0 Å². The molecule has 1 atom stereocenters. The Labute approximate surface area is 123 Å². The highest BCUT2D eigenvalue weighted by Gasteiger charge is 2.36. The van der Waals surface area contributed by atoms with E-state index in [9.17, 15) is 13.2 Å². The van der Waals surface area contributed by atoms with E-state index >= 15 is 0 Å². The van der Waals surface area contributed by atoms with Crippen molar-refractivity contribution in [2.45, 2.75) is 25.7 Å². The maximum Gasteiger partial charge on any atom is 0.418 e. The van der Waals surface area contributed by atoms with Crippen LogP contribution in [0, 0.1) is 0 Å². The second-order valence-corrected chi connectivity index (χ2v) is 5.68. The van der Waals surface area contributed by atoms with Crippen LogP contribution < -0.4 is 10.2 Å². The van der Waals surface area contributed by atoms with Crippen LogP contribution in [0.5, 0.6) is 0 Å². The number of hydrogen-bond donors (Lipinski definition) is 1. The van der Waals surface area contributed by atoms with Gasteiger partial charge in [-0.3, -0.25) is 0 Å². The molecule has 1 unspecified atom stereocenters. The smallest absolute Gasteiger partial charge is 0.366 e. The van der Waals surface area contributed by atoms with Gasteiger partial charge in [0.05, 0.1) is 5.56 Å². The van der Waals surface area contributed by atoms with E-state index in [0.717, 1.165) is 13.1 Å². The predicted molar refractivity (Wildman–Crippen MR) is 78.5 cm³/mol. The summed E-state index contributed by atoms with van der Waals surface area (Å²) in [6, 6.07) is 4.71. The third-order valence-corrected chi connectivity index (χ3v) is 3.89. The number of piperazine rings is 1. The van der Waals surface area contributed by atoms with Crippen molar-refractivity contribution in [3.8, 4) is 0 Å². The van der Waals surface area contributed by atoms with Gasteiger partial charge in [-0.05, 0) is 38.7 Å². The summed E-state index contributed by atoms with van der Waals surface area (Å²) in [7, 11) is 3.72. The average molecular weight is 301 g/mol. The quantitative estimate of drug-likeness (QED) is 0.926. The Morgan fingerprint density at radius 2 is 2.00 bits per heavy atom. The van der Waals surface area contributed by atoms with Gasteiger partial charge >= 0.3 is 6.18 Å². The number of nitrogens with zero attached hydrogens (tertiary/aromatic N) is 2. The molecule has 1 saturated heterocycles. The summed E-state index contributed by atoms with van der Waals surface area (Å²) in [6.45, 7) is 4.57. The third-order valence-electron chi connectivity index (χ3n) is 3.89. The van der Waals surface area contributed by atoms with Crippen molar-refractivity contribution in [2.75, 3.05) is 38.6 Å². The van der Waals surface area contributed by atoms with Gasteiger partial charge in [-0.25, -0.2) is 0 Å². The zero-order valence-electron chi connectivity index (χ0n) is 12.7. The molecule has 1 N–H and O–H groups in total. The van der Waals surface area contributed by atoms with E-state index in [0.29, 0.717) is 24.3 Å². The standard InChI is InChI=1S/C15H22F3N3/c1-11-10-20(3)6-7-21(11)14-5-4-12(9-19-2)8-13(14)15(16,17)18/h4-5,8,11,19H,6-7,9-10H2,1-3H3. The molecule has 1 heterocycles. The van der Waals surface area contributed by atoms with Crippen molar-refractivity contribution in [1.29, 1.82) is 0 Å². The van der Waals surface area contributed by atoms with E-state index < -0.39 is 11.7 Å². The van der Waals surface area contributed by atoms with Gasteiger partial charge in [-0.15, -0.1) is 0 Å².